The second-order valence-corrected chi connectivity index (χ2v) is 3.16. The Hall–Kier alpha value is -1.92. The van der Waals surface area contributed by atoms with Crippen LogP contribution >= 0.6 is 0 Å². The van der Waals surface area contributed by atoms with Gasteiger partial charge < -0.3 is 14.2 Å². The van der Waals surface area contributed by atoms with Crippen LogP contribution in [0.5, 0.6) is 11.6 Å². The van der Waals surface area contributed by atoms with Gasteiger partial charge in [-0.2, -0.15) is 0 Å². The molecule has 0 N–H and O–H groups in total. The maximum Gasteiger partial charge on any atom is 0.342 e. The standard InChI is InChI=1S/C11H13F2NO4/c1-4-18-11(15)6-5-7(9(12)13)14-10(17-3)8(6)16-2/h5,9H,4H2,1-3H3. The lowest BCUT2D eigenvalue weighted by atomic mass is 10.2. The molecule has 1 aromatic rings. The minimum Gasteiger partial charge on any atom is -0.491 e. The van der Waals surface area contributed by atoms with E-state index in [4.69, 9.17) is 14.2 Å². The number of esters is 1. The lowest BCUT2D eigenvalue weighted by molar-refractivity contribution is 0.0521. The van der Waals surface area contributed by atoms with Crippen LogP contribution in [0.2, 0.25) is 0 Å². The lowest BCUT2D eigenvalue weighted by Gasteiger charge is -2.12. The summed E-state index contributed by atoms with van der Waals surface area (Å²) in [7, 11) is 2.53. The van der Waals surface area contributed by atoms with Gasteiger partial charge in [0, 0.05) is 0 Å². The number of methoxy groups -OCH3 is 2. The molecular formula is C11H13F2NO4. The van der Waals surface area contributed by atoms with Crippen molar-refractivity contribution in [1.82, 2.24) is 4.98 Å². The number of carbonyl (C=O) groups excluding carboxylic acids is 1. The van der Waals surface area contributed by atoms with E-state index in [2.05, 4.69) is 4.98 Å². The topological polar surface area (TPSA) is 57.7 Å². The van der Waals surface area contributed by atoms with Crippen LogP contribution in [0, 0.1) is 0 Å². The SMILES string of the molecule is CCOC(=O)c1cc(C(F)F)nc(OC)c1OC. The molecular weight excluding hydrogens is 248 g/mol. The molecule has 0 aliphatic rings. The van der Waals surface area contributed by atoms with Crippen LogP contribution in [-0.4, -0.2) is 31.8 Å². The van der Waals surface area contributed by atoms with E-state index in [0.717, 1.165) is 6.07 Å². The van der Waals surface area contributed by atoms with Gasteiger partial charge in [0.1, 0.15) is 11.3 Å². The molecule has 0 amide bonds. The van der Waals surface area contributed by atoms with Gasteiger partial charge in [-0.15, -0.1) is 0 Å². The van der Waals surface area contributed by atoms with E-state index in [1.165, 1.54) is 14.2 Å². The smallest absolute Gasteiger partial charge is 0.342 e. The predicted molar refractivity (Wildman–Crippen MR) is 58.3 cm³/mol. The number of hydrogen-bond donors (Lipinski definition) is 0. The summed E-state index contributed by atoms with van der Waals surface area (Å²) < 4.78 is 39.8. The fraction of sp³-hybridized carbons (Fsp3) is 0.455. The number of pyridine rings is 1. The summed E-state index contributed by atoms with van der Waals surface area (Å²) in [6.07, 6.45) is -2.82. The Labute approximate surface area is 103 Å². The summed E-state index contributed by atoms with van der Waals surface area (Å²) in [5.74, 6) is -0.976. The van der Waals surface area contributed by atoms with E-state index < -0.39 is 18.1 Å². The fourth-order valence-electron chi connectivity index (χ4n) is 1.34. The van der Waals surface area contributed by atoms with E-state index in [9.17, 15) is 13.6 Å². The third-order valence-corrected chi connectivity index (χ3v) is 2.08. The molecule has 1 aromatic heterocycles. The van der Waals surface area contributed by atoms with Crippen molar-refractivity contribution in [3.8, 4) is 11.6 Å². The molecule has 100 valence electrons. The number of hydrogen-bond acceptors (Lipinski definition) is 5. The molecule has 0 atom stereocenters. The first-order valence-corrected chi connectivity index (χ1v) is 5.13. The van der Waals surface area contributed by atoms with Crippen molar-refractivity contribution in [2.45, 2.75) is 13.3 Å². The Kier molecular flexibility index (Phi) is 4.82. The minimum atomic E-state index is -2.82. The van der Waals surface area contributed by atoms with Gasteiger partial charge in [0.05, 0.1) is 20.8 Å². The lowest BCUT2D eigenvalue weighted by Crippen LogP contribution is -2.10. The van der Waals surface area contributed by atoms with Gasteiger partial charge in [-0.1, -0.05) is 0 Å². The molecule has 0 unspecified atom stereocenters. The average molecular weight is 261 g/mol. The number of ether oxygens (including phenoxy) is 3. The van der Waals surface area contributed by atoms with Crippen molar-refractivity contribution >= 4 is 5.97 Å². The number of nitrogens with zero attached hydrogens (tertiary/aromatic N) is 1. The van der Waals surface area contributed by atoms with E-state index in [0.29, 0.717) is 0 Å². The van der Waals surface area contributed by atoms with Crippen LogP contribution in [0.15, 0.2) is 6.07 Å². The Morgan fingerprint density at radius 1 is 1.39 bits per heavy atom. The molecule has 0 fully saturated rings. The Bertz CT molecular complexity index is 437. The third kappa shape index (κ3) is 2.85. The van der Waals surface area contributed by atoms with Crippen molar-refractivity contribution in [2.75, 3.05) is 20.8 Å². The van der Waals surface area contributed by atoms with Gasteiger partial charge in [0.2, 0.25) is 0 Å². The van der Waals surface area contributed by atoms with Crippen molar-refractivity contribution in [3.05, 3.63) is 17.3 Å². The van der Waals surface area contributed by atoms with E-state index in [1.54, 1.807) is 6.92 Å². The zero-order valence-corrected chi connectivity index (χ0v) is 10.2. The van der Waals surface area contributed by atoms with Gasteiger partial charge in [-0.05, 0) is 13.0 Å². The highest BCUT2D eigenvalue weighted by molar-refractivity contribution is 5.93. The molecule has 0 saturated heterocycles. The van der Waals surface area contributed by atoms with Crippen LogP contribution in [0.1, 0.15) is 29.4 Å². The largest absolute Gasteiger partial charge is 0.491 e. The van der Waals surface area contributed by atoms with Crippen LogP contribution in [0.25, 0.3) is 0 Å². The van der Waals surface area contributed by atoms with Crippen LogP contribution in [-0.2, 0) is 4.74 Å². The van der Waals surface area contributed by atoms with Crippen molar-refractivity contribution in [1.29, 1.82) is 0 Å². The molecule has 0 aliphatic carbocycles. The molecule has 1 rings (SSSR count). The molecule has 0 saturated carbocycles. The Morgan fingerprint density at radius 3 is 2.50 bits per heavy atom. The van der Waals surface area contributed by atoms with Gasteiger partial charge in [0.15, 0.2) is 5.75 Å². The van der Waals surface area contributed by atoms with Crippen LogP contribution < -0.4 is 9.47 Å². The number of aromatic nitrogens is 1. The number of rotatable bonds is 5. The zero-order chi connectivity index (χ0) is 13.7. The van der Waals surface area contributed by atoms with Gasteiger partial charge in [-0.25, -0.2) is 18.6 Å². The molecule has 18 heavy (non-hydrogen) atoms. The quantitative estimate of drug-likeness (QED) is 0.760. The van der Waals surface area contributed by atoms with E-state index >= 15 is 0 Å². The summed E-state index contributed by atoms with van der Waals surface area (Å²) in [6, 6.07) is 0.935. The van der Waals surface area contributed by atoms with Crippen molar-refractivity contribution < 1.29 is 27.8 Å². The van der Waals surface area contributed by atoms with Gasteiger partial charge in [0.25, 0.3) is 12.3 Å². The third-order valence-electron chi connectivity index (χ3n) is 2.08. The van der Waals surface area contributed by atoms with Gasteiger partial charge in [-0.3, -0.25) is 0 Å². The first-order chi connectivity index (χ1) is 8.54. The van der Waals surface area contributed by atoms with E-state index in [-0.39, 0.29) is 23.8 Å². The molecule has 0 radical (unpaired) electrons. The highest BCUT2D eigenvalue weighted by Crippen LogP contribution is 2.33. The maximum atomic E-state index is 12.6. The van der Waals surface area contributed by atoms with Gasteiger partial charge >= 0.3 is 5.97 Å². The Balaban J connectivity index is 3.35. The molecule has 5 nitrogen and oxygen atoms in total. The van der Waals surface area contributed by atoms with Crippen molar-refractivity contribution in [3.63, 3.8) is 0 Å². The maximum absolute atomic E-state index is 12.6. The minimum absolute atomic E-state index is 0.0275. The predicted octanol–water partition coefficient (Wildman–Crippen LogP) is 2.21. The summed E-state index contributed by atoms with van der Waals surface area (Å²) >= 11 is 0. The summed E-state index contributed by atoms with van der Waals surface area (Å²) in [5, 5.41) is 0. The van der Waals surface area contributed by atoms with Crippen molar-refractivity contribution in [2.24, 2.45) is 0 Å². The Morgan fingerprint density at radius 2 is 2.06 bits per heavy atom. The van der Waals surface area contributed by atoms with E-state index in [1.807, 2.05) is 0 Å². The summed E-state index contributed by atoms with van der Waals surface area (Å²) in [4.78, 5) is 15.2. The summed E-state index contributed by atoms with van der Waals surface area (Å²) in [6.45, 7) is 1.73. The molecule has 0 aromatic carbocycles. The summed E-state index contributed by atoms with van der Waals surface area (Å²) in [5.41, 5.74) is -0.711. The first-order valence-electron chi connectivity index (χ1n) is 5.13. The molecule has 7 heteroatoms. The molecule has 0 spiro atoms. The van der Waals surface area contributed by atoms with Crippen LogP contribution in [0.4, 0.5) is 8.78 Å². The monoisotopic (exact) mass is 261 g/mol. The normalized spacial score (nSPS) is 10.3. The average Bonchev–Trinajstić information content (AvgIpc) is 2.37. The molecule has 0 aliphatic heterocycles. The highest BCUT2D eigenvalue weighted by atomic mass is 19.3. The molecule has 0 bridgehead atoms. The second-order valence-electron chi connectivity index (χ2n) is 3.16. The first kappa shape index (κ1) is 14.1. The number of carbonyl (C=O) groups is 1. The number of halogens is 2. The number of alkyl halides is 2. The fourth-order valence-corrected chi connectivity index (χ4v) is 1.34. The second kappa shape index (κ2) is 6.13. The van der Waals surface area contributed by atoms with Crippen LogP contribution in [0.3, 0.4) is 0 Å². The highest BCUT2D eigenvalue weighted by Gasteiger charge is 2.23. The molecule has 1 heterocycles. The zero-order valence-electron chi connectivity index (χ0n) is 10.2.